The second-order valence-corrected chi connectivity index (χ2v) is 9.43. The van der Waals surface area contributed by atoms with Crippen LogP contribution in [0.4, 0.5) is 4.79 Å². The molecule has 32 heavy (non-hydrogen) atoms. The number of nitrogens with zero attached hydrogens (tertiary/aromatic N) is 1. The van der Waals surface area contributed by atoms with Crippen LogP contribution in [-0.2, 0) is 27.2 Å². The maximum atomic E-state index is 12.0. The molecule has 1 aliphatic rings. The van der Waals surface area contributed by atoms with Crippen molar-refractivity contribution in [3.05, 3.63) is 59.4 Å². The quantitative estimate of drug-likeness (QED) is 0.530. The zero-order chi connectivity index (χ0) is 23.1. The molecule has 1 aromatic carbocycles. The van der Waals surface area contributed by atoms with Gasteiger partial charge in [0.2, 0.25) is 5.91 Å². The summed E-state index contributed by atoms with van der Waals surface area (Å²) in [5.74, 6) is 0.280. The first-order valence-corrected chi connectivity index (χ1v) is 11.5. The molecule has 2 aromatic rings. The zero-order valence-electron chi connectivity index (χ0n) is 18.6. The van der Waals surface area contributed by atoms with Gasteiger partial charge in [-0.3, -0.25) is 24.7 Å². The number of aromatic nitrogens is 1. The lowest BCUT2D eigenvalue weighted by molar-refractivity contribution is -0.148. The molecule has 8 heteroatoms. The molecule has 1 aliphatic heterocycles. The topological polar surface area (TPSA) is 94.6 Å². The SMILES string of the molecule is CCCC(=O)OC(C)c1ccc(CCOc2ccc(C[C@]3(C)SC(=O)NC3=O)cc2)nc1. The van der Waals surface area contributed by atoms with Gasteiger partial charge in [-0.25, -0.2) is 0 Å². The Labute approximate surface area is 192 Å². The monoisotopic (exact) mass is 456 g/mol. The van der Waals surface area contributed by atoms with Crippen LogP contribution in [0.5, 0.6) is 5.75 Å². The Hall–Kier alpha value is -2.87. The minimum absolute atomic E-state index is 0.198. The summed E-state index contributed by atoms with van der Waals surface area (Å²) in [7, 11) is 0. The van der Waals surface area contributed by atoms with E-state index in [9.17, 15) is 14.4 Å². The van der Waals surface area contributed by atoms with Gasteiger partial charge in [0.15, 0.2) is 0 Å². The first-order valence-electron chi connectivity index (χ1n) is 10.7. The third kappa shape index (κ3) is 6.32. The molecule has 2 heterocycles. The number of imide groups is 1. The first kappa shape index (κ1) is 23.8. The molecule has 170 valence electrons. The van der Waals surface area contributed by atoms with E-state index in [2.05, 4.69) is 10.3 Å². The number of amides is 2. The molecule has 1 fully saturated rings. The van der Waals surface area contributed by atoms with Gasteiger partial charge in [0.25, 0.3) is 5.24 Å². The van der Waals surface area contributed by atoms with Gasteiger partial charge in [0.05, 0.1) is 6.61 Å². The van der Waals surface area contributed by atoms with E-state index in [-0.39, 0.29) is 23.2 Å². The smallest absolute Gasteiger partial charge is 0.306 e. The number of pyridine rings is 1. The summed E-state index contributed by atoms with van der Waals surface area (Å²) in [6.45, 7) is 6.03. The van der Waals surface area contributed by atoms with E-state index in [4.69, 9.17) is 9.47 Å². The number of hydrogen-bond donors (Lipinski definition) is 1. The van der Waals surface area contributed by atoms with Gasteiger partial charge in [0, 0.05) is 30.3 Å². The summed E-state index contributed by atoms with van der Waals surface area (Å²) in [4.78, 5) is 39.5. The highest BCUT2D eigenvalue weighted by molar-refractivity contribution is 8.16. The second-order valence-electron chi connectivity index (χ2n) is 7.96. The minimum atomic E-state index is -0.775. The van der Waals surface area contributed by atoms with Crippen LogP contribution >= 0.6 is 11.8 Å². The molecule has 7 nitrogen and oxygen atoms in total. The van der Waals surface area contributed by atoms with Crippen LogP contribution < -0.4 is 10.1 Å². The Morgan fingerprint density at radius 1 is 1.19 bits per heavy atom. The van der Waals surface area contributed by atoms with Crippen molar-refractivity contribution in [1.82, 2.24) is 10.3 Å². The summed E-state index contributed by atoms with van der Waals surface area (Å²) in [5.41, 5.74) is 2.71. The molecule has 1 unspecified atom stereocenters. The van der Waals surface area contributed by atoms with Crippen molar-refractivity contribution < 1.29 is 23.9 Å². The van der Waals surface area contributed by atoms with Crippen molar-refractivity contribution in [2.24, 2.45) is 0 Å². The molecule has 0 aliphatic carbocycles. The van der Waals surface area contributed by atoms with Crippen LogP contribution in [0.25, 0.3) is 0 Å². The normalized spacial score (nSPS) is 18.8. The second kappa shape index (κ2) is 10.6. The van der Waals surface area contributed by atoms with Crippen molar-refractivity contribution >= 4 is 28.9 Å². The Morgan fingerprint density at radius 3 is 2.53 bits per heavy atom. The predicted octanol–water partition coefficient (Wildman–Crippen LogP) is 4.39. The summed E-state index contributed by atoms with van der Waals surface area (Å²) in [6, 6.07) is 11.4. The number of thioether (sulfide) groups is 1. The van der Waals surface area contributed by atoms with Crippen LogP contribution in [-0.4, -0.2) is 33.5 Å². The molecular weight excluding hydrogens is 428 g/mol. The van der Waals surface area contributed by atoms with E-state index in [1.165, 1.54) is 0 Å². The van der Waals surface area contributed by atoms with Gasteiger partial charge in [-0.15, -0.1) is 0 Å². The van der Waals surface area contributed by atoms with Gasteiger partial charge in [0.1, 0.15) is 16.6 Å². The lowest BCUT2D eigenvalue weighted by Gasteiger charge is -2.18. The number of ether oxygens (including phenoxy) is 2. The van der Waals surface area contributed by atoms with Crippen molar-refractivity contribution in [3.63, 3.8) is 0 Å². The molecule has 0 saturated carbocycles. The number of carbonyl (C=O) groups is 3. The van der Waals surface area contributed by atoms with E-state index in [0.29, 0.717) is 25.9 Å². The van der Waals surface area contributed by atoms with E-state index in [0.717, 1.165) is 40.8 Å². The van der Waals surface area contributed by atoms with Crippen LogP contribution in [0.3, 0.4) is 0 Å². The molecule has 2 atom stereocenters. The number of hydrogen-bond acceptors (Lipinski definition) is 7. The Balaban J connectivity index is 1.46. The molecule has 0 spiro atoms. The largest absolute Gasteiger partial charge is 0.493 e. The molecule has 2 amide bonds. The zero-order valence-corrected chi connectivity index (χ0v) is 19.4. The standard InChI is InChI=1S/C24H28N2O5S/c1-4-5-21(27)31-16(2)18-8-9-19(25-15-18)12-13-30-20-10-6-17(7-11-20)14-24(3)22(28)26-23(29)32-24/h6-11,15-16H,4-5,12-14H2,1-3H3,(H,26,28,29)/t16?,24-/m0/s1. The van der Waals surface area contributed by atoms with E-state index in [1.807, 2.05) is 50.2 Å². The fraction of sp³-hybridized carbons (Fsp3) is 0.417. The van der Waals surface area contributed by atoms with Crippen LogP contribution in [0.1, 0.15) is 56.5 Å². The maximum Gasteiger partial charge on any atom is 0.306 e. The van der Waals surface area contributed by atoms with Gasteiger partial charge in [-0.05, 0) is 62.2 Å². The summed E-state index contributed by atoms with van der Waals surface area (Å²) in [6.07, 6.45) is 3.71. The Morgan fingerprint density at radius 2 is 1.94 bits per heavy atom. The highest BCUT2D eigenvalue weighted by atomic mass is 32.2. The Kier molecular flexibility index (Phi) is 7.90. The molecular formula is C24H28N2O5S. The molecule has 1 saturated heterocycles. The molecule has 0 radical (unpaired) electrons. The number of benzene rings is 1. The third-order valence-corrected chi connectivity index (χ3v) is 6.25. The molecule has 0 bridgehead atoms. The van der Waals surface area contributed by atoms with E-state index >= 15 is 0 Å². The first-order chi connectivity index (χ1) is 15.3. The van der Waals surface area contributed by atoms with Gasteiger partial charge >= 0.3 is 5.97 Å². The van der Waals surface area contributed by atoms with E-state index < -0.39 is 4.75 Å². The van der Waals surface area contributed by atoms with Crippen LogP contribution in [0.2, 0.25) is 0 Å². The lowest BCUT2D eigenvalue weighted by Crippen LogP contribution is -2.35. The van der Waals surface area contributed by atoms with Crippen molar-refractivity contribution in [1.29, 1.82) is 0 Å². The number of carbonyl (C=O) groups excluding carboxylic acids is 3. The van der Waals surface area contributed by atoms with Gasteiger partial charge < -0.3 is 9.47 Å². The minimum Gasteiger partial charge on any atom is -0.493 e. The van der Waals surface area contributed by atoms with Crippen molar-refractivity contribution in [3.8, 4) is 5.75 Å². The van der Waals surface area contributed by atoms with Crippen molar-refractivity contribution in [2.45, 2.75) is 57.3 Å². The highest BCUT2D eigenvalue weighted by Gasteiger charge is 2.43. The number of nitrogens with one attached hydrogen (secondary N) is 1. The highest BCUT2D eigenvalue weighted by Crippen LogP contribution is 2.34. The van der Waals surface area contributed by atoms with Crippen LogP contribution in [0.15, 0.2) is 42.6 Å². The fourth-order valence-corrected chi connectivity index (χ4v) is 4.27. The lowest BCUT2D eigenvalue weighted by atomic mass is 9.99. The molecule has 3 rings (SSSR count). The fourth-order valence-electron chi connectivity index (χ4n) is 3.34. The third-order valence-electron chi connectivity index (χ3n) is 5.18. The van der Waals surface area contributed by atoms with Gasteiger partial charge in [-0.2, -0.15) is 0 Å². The van der Waals surface area contributed by atoms with Gasteiger partial charge in [-0.1, -0.05) is 25.1 Å². The number of rotatable bonds is 10. The van der Waals surface area contributed by atoms with Crippen molar-refractivity contribution in [2.75, 3.05) is 6.61 Å². The Bertz CT molecular complexity index is 961. The molecule has 1 aromatic heterocycles. The number of esters is 1. The summed E-state index contributed by atoms with van der Waals surface area (Å²) < 4.78 is 10.4. The average molecular weight is 457 g/mol. The van der Waals surface area contributed by atoms with Crippen LogP contribution in [0, 0.1) is 0 Å². The predicted molar refractivity (Wildman–Crippen MR) is 123 cm³/mol. The summed E-state index contributed by atoms with van der Waals surface area (Å²) >= 11 is 1.03. The average Bonchev–Trinajstić information content (AvgIpc) is 3.00. The molecule has 1 N–H and O–H groups in total. The summed E-state index contributed by atoms with van der Waals surface area (Å²) in [5, 5.41) is 2.04. The maximum absolute atomic E-state index is 12.0. The van der Waals surface area contributed by atoms with E-state index in [1.54, 1.807) is 13.1 Å².